The monoisotopic (exact) mass is 815 g/mol. The van der Waals surface area contributed by atoms with Crippen molar-refractivity contribution in [2.24, 2.45) is 23.7 Å². The predicted octanol–water partition coefficient (Wildman–Crippen LogP) is 4.19. The van der Waals surface area contributed by atoms with Crippen LogP contribution in [0.15, 0.2) is 0 Å². The maximum Gasteiger partial charge on any atom is 0.509 e. The molecule has 0 bridgehead atoms. The summed E-state index contributed by atoms with van der Waals surface area (Å²) in [4.78, 5) is 56.2. The van der Waals surface area contributed by atoms with Crippen LogP contribution in [0.3, 0.4) is 0 Å². The molecular weight excluding hydrogens is 746 g/mol. The lowest BCUT2D eigenvalue weighted by atomic mass is 9.74. The Bertz CT molecular complexity index is 1430. The topological polar surface area (TPSA) is 184 Å². The molecule has 0 saturated carbocycles. The fraction of sp³-hybridized carbons (Fsp3) is 0.902. The van der Waals surface area contributed by atoms with E-state index < -0.39 is 114 Å². The van der Waals surface area contributed by atoms with Crippen molar-refractivity contribution in [1.29, 1.82) is 0 Å². The number of methoxy groups -OCH3 is 2. The Balaban J connectivity index is 1.91. The Labute approximate surface area is 338 Å². The highest BCUT2D eigenvalue weighted by atomic mass is 16.8. The smallest absolute Gasteiger partial charge is 0.458 e. The number of nitrogens with zero attached hydrogens (tertiary/aromatic N) is 1. The van der Waals surface area contributed by atoms with Crippen LogP contribution in [0.1, 0.15) is 102 Å². The van der Waals surface area contributed by atoms with Gasteiger partial charge in [-0.2, -0.15) is 0 Å². The Kier molecular flexibility index (Phi) is 15.3. The van der Waals surface area contributed by atoms with E-state index in [1.165, 1.54) is 21.1 Å². The van der Waals surface area contributed by atoms with Gasteiger partial charge in [0.2, 0.25) is 0 Å². The summed E-state index contributed by atoms with van der Waals surface area (Å²) in [6.45, 7) is 18.9. The van der Waals surface area contributed by atoms with E-state index in [1.54, 1.807) is 48.5 Å². The average molecular weight is 816 g/mol. The van der Waals surface area contributed by atoms with Crippen LogP contribution < -0.4 is 0 Å². The van der Waals surface area contributed by atoms with E-state index in [0.29, 0.717) is 6.42 Å². The molecule has 328 valence electrons. The normalized spacial score (nSPS) is 46.3. The van der Waals surface area contributed by atoms with Crippen molar-refractivity contribution in [3.8, 4) is 0 Å². The Morgan fingerprint density at radius 2 is 1.51 bits per heavy atom. The number of hydrogen-bond donors (Lipinski definition) is 1. The third-order valence-corrected chi connectivity index (χ3v) is 13.0. The van der Waals surface area contributed by atoms with E-state index in [-0.39, 0.29) is 37.2 Å². The molecule has 0 radical (unpaired) electrons. The maximum absolute atomic E-state index is 14.5. The van der Waals surface area contributed by atoms with Gasteiger partial charge in [-0.3, -0.25) is 14.4 Å². The Hall–Kier alpha value is -2.44. The number of ether oxygens (including phenoxy) is 10. The summed E-state index contributed by atoms with van der Waals surface area (Å²) < 4.78 is 62.2. The van der Waals surface area contributed by atoms with Gasteiger partial charge in [-0.15, -0.1) is 0 Å². The number of ketones is 1. The van der Waals surface area contributed by atoms with Crippen LogP contribution in [-0.2, 0) is 61.8 Å². The molecule has 4 saturated heterocycles. The summed E-state index contributed by atoms with van der Waals surface area (Å²) in [7, 11) is 6.80. The molecule has 0 aromatic carbocycles. The van der Waals surface area contributed by atoms with Gasteiger partial charge in [0.15, 0.2) is 30.4 Å². The van der Waals surface area contributed by atoms with Crippen LogP contribution in [0.4, 0.5) is 4.79 Å². The summed E-state index contributed by atoms with van der Waals surface area (Å²) in [5.74, 6) is -4.70. The second-order valence-corrected chi connectivity index (χ2v) is 17.6. The lowest BCUT2D eigenvalue weighted by Gasteiger charge is -2.50. The molecule has 18 atom stereocenters. The predicted molar refractivity (Wildman–Crippen MR) is 204 cm³/mol. The van der Waals surface area contributed by atoms with Gasteiger partial charge in [0.05, 0.1) is 53.5 Å². The van der Waals surface area contributed by atoms with Gasteiger partial charge in [0, 0.05) is 39.4 Å². The third kappa shape index (κ3) is 9.80. The number of Topliss-reactive ketones (excluding diaryl/α,β-unsaturated/α-hetero) is 1. The number of likely N-dealkylation sites (N-methyl/N-ethyl adjacent to an activating group) is 1. The average Bonchev–Trinajstić information content (AvgIpc) is 3.46. The van der Waals surface area contributed by atoms with Crippen LogP contribution in [0.5, 0.6) is 0 Å². The van der Waals surface area contributed by atoms with Crippen molar-refractivity contribution in [1.82, 2.24) is 4.90 Å². The number of aliphatic hydroxyl groups excluding tert-OH is 1. The minimum atomic E-state index is -1.49. The molecule has 0 aliphatic carbocycles. The van der Waals surface area contributed by atoms with Crippen LogP contribution in [-0.4, -0.2) is 146 Å². The van der Waals surface area contributed by atoms with Gasteiger partial charge in [0.25, 0.3) is 0 Å². The summed E-state index contributed by atoms with van der Waals surface area (Å²) in [5.41, 5.74) is -3.81. The van der Waals surface area contributed by atoms with Crippen molar-refractivity contribution in [2.45, 2.75) is 186 Å². The van der Waals surface area contributed by atoms with E-state index in [2.05, 4.69) is 0 Å². The SMILES string of the molecule is CC[C@H]1OC(=O)[C@H](C)[C@@H](O[C@H]2C[C@@](C)(OC)[C@@H](O)[C@H](C)O2)[C@H](C)[C@@H](O[C@@H]2O[C@H](C)C[C@H](N(C)C)[C@H]2OC(C)=O)[C@@](C)(OC)C[C@@H](C)C(=O)[C@H](C)[C@H]2OC(=O)O[C@@]21C. The first-order valence-electron chi connectivity index (χ1n) is 20.3. The van der Waals surface area contributed by atoms with E-state index in [4.69, 9.17) is 47.4 Å². The van der Waals surface area contributed by atoms with E-state index in [0.717, 1.165) is 0 Å². The molecule has 4 aliphatic rings. The van der Waals surface area contributed by atoms with Gasteiger partial charge in [-0.25, -0.2) is 4.79 Å². The molecule has 16 nitrogen and oxygen atoms in total. The minimum Gasteiger partial charge on any atom is -0.458 e. The summed E-state index contributed by atoms with van der Waals surface area (Å²) >= 11 is 0. The van der Waals surface area contributed by atoms with Gasteiger partial charge in [-0.1, -0.05) is 27.7 Å². The minimum absolute atomic E-state index is 0.114. The fourth-order valence-corrected chi connectivity index (χ4v) is 9.50. The molecule has 0 unspecified atom stereocenters. The summed E-state index contributed by atoms with van der Waals surface area (Å²) in [6.07, 6.45) is -8.90. The second kappa shape index (κ2) is 18.4. The molecule has 0 amide bonds. The number of aliphatic hydroxyl groups is 1. The standard InChI is InChI=1S/C41H69NO15/c1-16-28-41(11)35(56-38(47)57-41)22(4)30(44)20(2)18-40(10,49-15)34(55-37-32(52-26(8)43)27(42(12)13)17-21(3)50-37)23(5)31(24(6)36(46)53-28)54-29-19-39(9,48-14)33(45)25(7)51-29/h20-25,27-29,31-35,37,45H,16-19H2,1-15H3/t20-,21-,22+,23+,24-,25+,27+,28-,29+,31+,32-,33+,34-,35-,37+,39-,40+,41-/m1/s1. The molecular formula is C41H69NO15. The van der Waals surface area contributed by atoms with Crippen molar-refractivity contribution < 1.29 is 71.7 Å². The quantitative estimate of drug-likeness (QED) is 0.258. The third-order valence-electron chi connectivity index (χ3n) is 13.0. The van der Waals surface area contributed by atoms with E-state index in [9.17, 15) is 24.3 Å². The number of cyclic esters (lactones) is 1. The van der Waals surface area contributed by atoms with Crippen LogP contribution >= 0.6 is 0 Å². The van der Waals surface area contributed by atoms with Crippen LogP contribution in [0, 0.1) is 23.7 Å². The van der Waals surface area contributed by atoms with Gasteiger partial charge in [-0.05, 0) is 74.9 Å². The zero-order chi connectivity index (χ0) is 42.9. The molecule has 0 spiro atoms. The lowest BCUT2D eigenvalue weighted by Crippen LogP contribution is -2.62. The van der Waals surface area contributed by atoms with E-state index in [1.807, 2.05) is 39.8 Å². The molecule has 0 aromatic heterocycles. The van der Waals surface area contributed by atoms with Crippen molar-refractivity contribution in [2.75, 3.05) is 28.3 Å². The largest absolute Gasteiger partial charge is 0.509 e. The first-order valence-corrected chi connectivity index (χ1v) is 20.3. The molecule has 4 heterocycles. The fourth-order valence-electron chi connectivity index (χ4n) is 9.50. The molecule has 0 aromatic rings. The van der Waals surface area contributed by atoms with Crippen molar-refractivity contribution in [3.05, 3.63) is 0 Å². The summed E-state index contributed by atoms with van der Waals surface area (Å²) in [5, 5.41) is 11.0. The number of rotatable bonds is 9. The molecule has 16 heteroatoms. The van der Waals surface area contributed by atoms with Gasteiger partial charge in [0.1, 0.15) is 18.0 Å². The highest BCUT2D eigenvalue weighted by molar-refractivity contribution is 5.84. The van der Waals surface area contributed by atoms with Gasteiger partial charge < -0.3 is 57.4 Å². The van der Waals surface area contributed by atoms with Gasteiger partial charge >= 0.3 is 18.1 Å². The molecule has 1 N–H and O–H groups in total. The lowest BCUT2D eigenvalue weighted by molar-refractivity contribution is -0.320. The highest BCUT2D eigenvalue weighted by Crippen LogP contribution is 2.44. The van der Waals surface area contributed by atoms with Crippen molar-refractivity contribution in [3.63, 3.8) is 0 Å². The highest BCUT2D eigenvalue weighted by Gasteiger charge is 2.59. The van der Waals surface area contributed by atoms with Crippen molar-refractivity contribution >= 4 is 23.9 Å². The number of carbonyl (C=O) groups excluding carboxylic acids is 4. The second-order valence-electron chi connectivity index (χ2n) is 17.6. The van der Waals surface area contributed by atoms with Crippen LogP contribution in [0.2, 0.25) is 0 Å². The first-order chi connectivity index (χ1) is 26.5. The number of hydrogen-bond acceptors (Lipinski definition) is 16. The molecule has 4 fully saturated rings. The first kappa shape index (κ1) is 47.2. The Morgan fingerprint density at radius 1 is 0.877 bits per heavy atom. The Morgan fingerprint density at radius 3 is 2.07 bits per heavy atom. The number of esters is 2. The zero-order valence-electron chi connectivity index (χ0n) is 36.6. The molecule has 4 rings (SSSR count). The molecule has 57 heavy (non-hydrogen) atoms. The molecule has 4 aliphatic heterocycles. The van der Waals surface area contributed by atoms with E-state index >= 15 is 0 Å². The maximum atomic E-state index is 14.5. The zero-order valence-corrected chi connectivity index (χ0v) is 36.6. The summed E-state index contributed by atoms with van der Waals surface area (Å²) in [6, 6.07) is -0.278. The number of fused-ring (bicyclic) bond motifs is 1. The van der Waals surface area contributed by atoms with Crippen LogP contribution in [0.25, 0.3) is 0 Å². The number of carbonyl (C=O) groups is 4.